The number of hydrogen-bond donors (Lipinski definition) is 2. The lowest BCUT2D eigenvalue weighted by atomic mass is 10.1. The fourth-order valence-electron chi connectivity index (χ4n) is 0.869. The highest BCUT2D eigenvalue weighted by Crippen LogP contribution is 2.09. The Morgan fingerprint density at radius 2 is 2.13 bits per heavy atom. The van der Waals surface area contributed by atoms with E-state index in [0.717, 1.165) is 0 Å². The molecule has 84 valence electrons. The molecule has 0 saturated carbocycles. The third-order valence-corrected chi connectivity index (χ3v) is 1.72. The Balaban J connectivity index is 2.73. The molecule has 7 heteroatoms. The molecule has 1 rings (SSSR count). The molecule has 0 aliphatic rings. The van der Waals surface area contributed by atoms with Gasteiger partial charge in [0.05, 0.1) is 5.54 Å². The summed E-state index contributed by atoms with van der Waals surface area (Å²) in [5.74, 6) is -1.07. The fourth-order valence-corrected chi connectivity index (χ4v) is 0.869. The lowest BCUT2D eigenvalue weighted by Gasteiger charge is -2.15. The van der Waals surface area contributed by atoms with Crippen LogP contribution in [0.2, 0.25) is 0 Å². The smallest absolute Gasteiger partial charge is 0.332 e. The Morgan fingerprint density at radius 3 is 2.53 bits per heavy atom. The van der Waals surface area contributed by atoms with Crippen molar-refractivity contribution in [3.8, 4) is 0 Å². The molecule has 0 aromatic carbocycles. The standard InChI is InChI=1S/C8H14N4O3/c1-8(2,3)12-10-6(9-11-12)4-5(13)7(14)15/h5,13H,4H2,1-3H3,(H,14,15). The van der Waals surface area contributed by atoms with E-state index in [1.165, 1.54) is 4.80 Å². The highest BCUT2D eigenvalue weighted by molar-refractivity contribution is 5.72. The van der Waals surface area contributed by atoms with Crippen LogP contribution in [0.5, 0.6) is 0 Å². The molecule has 1 atom stereocenters. The Labute approximate surface area is 86.7 Å². The number of tetrazole rings is 1. The summed E-state index contributed by atoms with van der Waals surface area (Å²) in [5.41, 5.74) is -0.306. The molecule has 1 aromatic heterocycles. The van der Waals surface area contributed by atoms with Crippen molar-refractivity contribution in [2.45, 2.75) is 38.8 Å². The molecule has 15 heavy (non-hydrogen) atoms. The zero-order valence-corrected chi connectivity index (χ0v) is 8.88. The molecule has 0 fully saturated rings. The molecule has 0 aliphatic carbocycles. The Bertz CT molecular complexity index is 355. The second kappa shape index (κ2) is 3.93. The number of carboxylic acid groups (broad SMARTS) is 1. The zero-order chi connectivity index (χ0) is 11.6. The first kappa shape index (κ1) is 11.6. The van der Waals surface area contributed by atoms with Crippen LogP contribution < -0.4 is 0 Å². The van der Waals surface area contributed by atoms with E-state index in [2.05, 4.69) is 15.4 Å². The highest BCUT2D eigenvalue weighted by atomic mass is 16.4. The van der Waals surface area contributed by atoms with Crippen molar-refractivity contribution < 1.29 is 15.0 Å². The van der Waals surface area contributed by atoms with Gasteiger partial charge < -0.3 is 10.2 Å². The van der Waals surface area contributed by atoms with Gasteiger partial charge in [-0.05, 0) is 26.0 Å². The van der Waals surface area contributed by atoms with Crippen LogP contribution in [-0.4, -0.2) is 42.5 Å². The van der Waals surface area contributed by atoms with Crippen LogP contribution in [0.25, 0.3) is 0 Å². The highest BCUT2D eigenvalue weighted by Gasteiger charge is 2.20. The lowest BCUT2D eigenvalue weighted by Crippen LogP contribution is -2.25. The van der Waals surface area contributed by atoms with Gasteiger partial charge in [-0.2, -0.15) is 4.80 Å². The molecule has 0 amide bonds. The van der Waals surface area contributed by atoms with Gasteiger partial charge in [0.2, 0.25) is 0 Å². The van der Waals surface area contributed by atoms with E-state index in [9.17, 15) is 4.79 Å². The quantitative estimate of drug-likeness (QED) is 0.697. The molecule has 1 aromatic rings. The van der Waals surface area contributed by atoms with Crippen molar-refractivity contribution in [1.29, 1.82) is 0 Å². The van der Waals surface area contributed by atoms with Gasteiger partial charge in [-0.1, -0.05) is 0 Å². The minimum atomic E-state index is -1.48. The number of carbonyl (C=O) groups is 1. The van der Waals surface area contributed by atoms with E-state index in [0.29, 0.717) is 0 Å². The second-order valence-electron chi connectivity index (χ2n) is 4.22. The maximum absolute atomic E-state index is 10.4. The Hall–Kier alpha value is -1.50. The molecule has 0 spiro atoms. The van der Waals surface area contributed by atoms with Gasteiger partial charge in [-0.3, -0.25) is 0 Å². The van der Waals surface area contributed by atoms with Gasteiger partial charge in [0, 0.05) is 6.42 Å². The predicted molar refractivity (Wildman–Crippen MR) is 50.2 cm³/mol. The first-order chi connectivity index (χ1) is 6.80. The molecule has 0 aliphatic heterocycles. The average molecular weight is 214 g/mol. The van der Waals surface area contributed by atoms with Gasteiger partial charge in [0.1, 0.15) is 0 Å². The minimum Gasteiger partial charge on any atom is -0.479 e. The number of nitrogens with zero attached hydrogens (tertiary/aromatic N) is 4. The summed E-state index contributed by atoms with van der Waals surface area (Å²) in [6.07, 6.45) is -1.62. The van der Waals surface area contributed by atoms with E-state index in [4.69, 9.17) is 10.2 Å². The molecule has 0 radical (unpaired) electrons. The molecule has 1 unspecified atom stereocenters. The van der Waals surface area contributed by atoms with Crippen molar-refractivity contribution in [3.05, 3.63) is 5.82 Å². The van der Waals surface area contributed by atoms with E-state index < -0.39 is 12.1 Å². The minimum absolute atomic E-state index is 0.134. The summed E-state index contributed by atoms with van der Waals surface area (Å²) in [5, 5.41) is 29.0. The van der Waals surface area contributed by atoms with Crippen LogP contribution in [-0.2, 0) is 16.8 Å². The maximum Gasteiger partial charge on any atom is 0.332 e. The summed E-state index contributed by atoms with van der Waals surface area (Å²) in [6, 6.07) is 0. The van der Waals surface area contributed by atoms with E-state index in [1.807, 2.05) is 20.8 Å². The third kappa shape index (κ3) is 2.98. The summed E-state index contributed by atoms with van der Waals surface area (Å²) in [7, 11) is 0. The topological polar surface area (TPSA) is 101 Å². The normalized spacial score (nSPS) is 13.9. The van der Waals surface area contributed by atoms with E-state index >= 15 is 0 Å². The van der Waals surface area contributed by atoms with E-state index in [1.54, 1.807) is 0 Å². The molecule has 2 N–H and O–H groups in total. The summed E-state index contributed by atoms with van der Waals surface area (Å²) < 4.78 is 0. The van der Waals surface area contributed by atoms with Gasteiger partial charge in [-0.15, -0.1) is 10.2 Å². The van der Waals surface area contributed by atoms with Crippen molar-refractivity contribution in [1.82, 2.24) is 20.2 Å². The van der Waals surface area contributed by atoms with Gasteiger partial charge in [0.25, 0.3) is 0 Å². The summed E-state index contributed by atoms with van der Waals surface area (Å²) >= 11 is 0. The van der Waals surface area contributed by atoms with Crippen LogP contribution >= 0.6 is 0 Å². The van der Waals surface area contributed by atoms with Gasteiger partial charge in [0.15, 0.2) is 11.9 Å². The second-order valence-corrected chi connectivity index (χ2v) is 4.22. The number of aliphatic hydroxyl groups excluding tert-OH is 1. The van der Waals surface area contributed by atoms with Crippen LogP contribution in [0.4, 0.5) is 0 Å². The fraction of sp³-hybridized carbons (Fsp3) is 0.750. The number of hydrogen-bond acceptors (Lipinski definition) is 5. The molecule has 0 saturated heterocycles. The van der Waals surface area contributed by atoms with E-state index in [-0.39, 0.29) is 17.8 Å². The first-order valence-electron chi connectivity index (χ1n) is 4.51. The summed E-state index contributed by atoms with van der Waals surface area (Å²) in [6.45, 7) is 5.68. The monoisotopic (exact) mass is 214 g/mol. The number of carboxylic acids is 1. The van der Waals surface area contributed by atoms with Crippen molar-refractivity contribution in [2.24, 2.45) is 0 Å². The molecule has 0 bridgehead atoms. The van der Waals surface area contributed by atoms with Crippen LogP contribution in [0.3, 0.4) is 0 Å². The molecule has 7 nitrogen and oxygen atoms in total. The lowest BCUT2D eigenvalue weighted by molar-refractivity contribution is -0.146. The largest absolute Gasteiger partial charge is 0.479 e. The number of rotatable bonds is 3. The van der Waals surface area contributed by atoms with Crippen LogP contribution in [0, 0.1) is 0 Å². The molecule has 1 heterocycles. The predicted octanol–water partition coefficient (Wildman–Crippen LogP) is -0.584. The van der Waals surface area contributed by atoms with Crippen LogP contribution in [0.1, 0.15) is 26.6 Å². The van der Waals surface area contributed by atoms with Crippen molar-refractivity contribution in [2.75, 3.05) is 0 Å². The Kier molecular flexibility index (Phi) is 3.04. The van der Waals surface area contributed by atoms with Crippen molar-refractivity contribution >= 4 is 5.97 Å². The average Bonchev–Trinajstić information content (AvgIpc) is 2.51. The number of aliphatic hydroxyl groups is 1. The zero-order valence-electron chi connectivity index (χ0n) is 8.88. The Morgan fingerprint density at radius 1 is 1.53 bits per heavy atom. The SMILES string of the molecule is CC(C)(C)n1nnc(CC(O)C(=O)O)n1. The first-order valence-corrected chi connectivity index (χ1v) is 4.51. The number of aliphatic carboxylic acids is 1. The van der Waals surface area contributed by atoms with Crippen molar-refractivity contribution in [3.63, 3.8) is 0 Å². The third-order valence-electron chi connectivity index (χ3n) is 1.72. The molecular formula is C8H14N4O3. The van der Waals surface area contributed by atoms with Gasteiger partial charge in [-0.25, -0.2) is 4.79 Å². The maximum atomic E-state index is 10.4. The number of aromatic nitrogens is 4. The van der Waals surface area contributed by atoms with Gasteiger partial charge >= 0.3 is 5.97 Å². The summed E-state index contributed by atoms with van der Waals surface area (Å²) in [4.78, 5) is 11.8. The molecular weight excluding hydrogens is 200 g/mol. The van der Waals surface area contributed by atoms with Crippen LogP contribution in [0.15, 0.2) is 0 Å².